The minimum absolute atomic E-state index is 0.0310. The van der Waals surface area contributed by atoms with Crippen LogP contribution in [0.5, 0.6) is 0 Å². The largest absolute Gasteiger partial charge is 0.389 e. The van der Waals surface area contributed by atoms with Crippen LogP contribution in [-0.4, -0.2) is 59.1 Å². The van der Waals surface area contributed by atoms with Crippen molar-refractivity contribution >= 4 is 5.91 Å². The molecule has 0 atom stereocenters. The van der Waals surface area contributed by atoms with E-state index < -0.39 is 17.2 Å². The Morgan fingerprint density at radius 3 is 2.14 bits per heavy atom. The van der Waals surface area contributed by atoms with Crippen molar-refractivity contribution in [1.29, 1.82) is 0 Å². The van der Waals surface area contributed by atoms with Crippen molar-refractivity contribution in [2.24, 2.45) is 0 Å². The van der Waals surface area contributed by atoms with Gasteiger partial charge in [0.2, 0.25) is 0 Å². The first kappa shape index (κ1) is 15.9. The number of carbonyl (C=O) groups excluding carboxylic acids is 1. The lowest BCUT2D eigenvalue weighted by Gasteiger charge is -2.37. The number of amides is 1. The molecular formula is C15H20F2N2O2. The fourth-order valence-electron chi connectivity index (χ4n) is 2.52. The molecule has 0 radical (unpaired) electrons. The number of rotatable bonds is 3. The minimum atomic E-state index is -0.780. The maximum Gasteiger partial charge on any atom is 0.254 e. The first-order valence-corrected chi connectivity index (χ1v) is 6.95. The van der Waals surface area contributed by atoms with Gasteiger partial charge in [0.1, 0.15) is 11.6 Å². The van der Waals surface area contributed by atoms with Crippen LogP contribution in [0.4, 0.5) is 8.78 Å². The molecule has 1 fully saturated rings. The molecular weight excluding hydrogens is 278 g/mol. The quantitative estimate of drug-likeness (QED) is 0.919. The molecule has 116 valence electrons. The van der Waals surface area contributed by atoms with Crippen molar-refractivity contribution < 1.29 is 18.7 Å². The molecule has 0 aliphatic carbocycles. The molecule has 0 spiro atoms. The summed E-state index contributed by atoms with van der Waals surface area (Å²) in [5.41, 5.74) is -0.749. The van der Waals surface area contributed by atoms with Gasteiger partial charge in [0.25, 0.3) is 5.91 Å². The highest BCUT2D eigenvalue weighted by Crippen LogP contribution is 2.14. The Balaban J connectivity index is 1.97. The Morgan fingerprint density at radius 1 is 1.14 bits per heavy atom. The van der Waals surface area contributed by atoms with Crippen molar-refractivity contribution in [3.8, 4) is 0 Å². The van der Waals surface area contributed by atoms with Gasteiger partial charge in [0.15, 0.2) is 0 Å². The number of halogens is 2. The summed E-state index contributed by atoms with van der Waals surface area (Å²) < 4.78 is 26.3. The monoisotopic (exact) mass is 298 g/mol. The van der Waals surface area contributed by atoms with Gasteiger partial charge >= 0.3 is 0 Å². The van der Waals surface area contributed by atoms with Gasteiger partial charge in [-0.2, -0.15) is 0 Å². The van der Waals surface area contributed by atoms with Crippen LogP contribution in [0.15, 0.2) is 18.2 Å². The lowest BCUT2D eigenvalue weighted by molar-refractivity contribution is 0.0178. The van der Waals surface area contributed by atoms with Crippen LogP contribution in [0.25, 0.3) is 0 Å². The second kappa shape index (κ2) is 6.07. The molecule has 1 aliphatic heterocycles. The Morgan fingerprint density at radius 2 is 1.67 bits per heavy atom. The third-order valence-electron chi connectivity index (χ3n) is 3.38. The molecule has 1 N–H and O–H groups in total. The molecule has 1 aromatic carbocycles. The molecule has 1 saturated heterocycles. The van der Waals surface area contributed by atoms with Crippen molar-refractivity contribution in [3.05, 3.63) is 35.4 Å². The summed E-state index contributed by atoms with van der Waals surface area (Å²) >= 11 is 0. The molecule has 0 saturated carbocycles. The summed E-state index contributed by atoms with van der Waals surface area (Å²) in [4.78, 5) is 15.9. The van der Waals surface area contributed by atoms with E-state index in [1.54, 1.807) is 18.7 Å². The topological polar surface area (TPSA) is 43.8 Å². The van der Waals surface area contributed by atoms with Gasteiger partial charge < -0.3 is 10.0 Å². The number of nitrogens with zero attached hydrogens (tertiary/aromatic N) is 2. The molecule has 0 bridgehead atoms. The van der Waals surface area contributed by atoms with E-state index in [9.17, 15) is 18.7 Å². The van der Waals surface area contributed by atoms with Crippen molar-refractivity contribution in [2.75, 3.05) is 32.7 Å². The average Bonchev–Trinajstić information content (AvgIpc) is 2.35. The molecule has 0 unspecified atom stereocenters. The van der Waals surface area contributed by atoms with E-state index >= 15 is 0 Å². The van der Waals surface area contributed by atoms with E-state index in [1.165, 1.54) is 0 Å². The van der Waals surface area contributed by atoms with E-state index in [0.29, 0.717) is 32.7 Å². The second-order valence-electron chi connectivity index (χ2n) is 6.04. The smallest absolute Gasteiger partial charge is 0.254 e. The number of aliphatic hydroxyl groups is 1. The van der Waals surface area contributed by atoms with E-state index in [0.717, 1.165) is 18.2 Å². The summed E-state index contributed by atoms with van der Waals surface area (Å²) in [7, 11) is 0. The Kier molecular flexibility index (Phi) is 4.58. The Hall–Kier alpha value is -1.53. The average molecular weight is 298 g/mol. The van der Waals surface area contributed by atoms with Crippen LogP contribution in [0.1, 0.15) is 24.2 Å². The first-order valence-electron chi connectivity index (χ1n) is 6.95. The number of hydrogen-bond acceptors (Lipinski definition) is 3. The lowest BCUT2D eigenvalue weighted by atomic mass is 10.1. The predicted molar refractivity (Wildman–Crippen MR) is 75.0 cm³/mol. The highest BCUT2D eigenvalue weighted by atomic mass is 19.1. The van der Waals surface area contributed by atoms with Crippen LogP contribution in [-0.2, 0) is 0 Å². The highest BCUT2D eigenvalue weighted by Gasteiger charge is 2.25. The lowest BCUT2D eigenvalue weighted by Crippen LogP contribution is -2.52. The van der Waals surface area contributed by atoms with Gasteiger partial charge in [-0.05, 0) is 26.0 Å². The van der Waals surface area contributed by atoms with Crippen molar-refractivity contribution in [3.63, 3.8) is 0 Å². The van der Waals surface area contributed by atoms with Crippen LogP contribution < -0.4 is 0 Å². The summed E-state index contributed by atoms with van der Waals surface area (Å²) in [6, 6.07) is 2.85. The minimum Gasteiger partial charge on any atom is -0.389 e. The van der Waals surface area contributed by atoms with Crippen LogP contribution in [0.3, 0.4) is 0 Å². The maximum atomic E-state index is 13.2. The van der Waals surface area contributed by atoms with E-state index in [-0.39, 0.29) is 11.5 Å². The molecule has 6 heteroatoms. The number of piperazine rings is 1. The number of benzene rings is 1. The van der Waals surface area contributed by atoms with Crippen molar-refractivity contribution in [2.45, 2.75) is 19.4 Å². The van der Waals surface area contributed by atoms with Crippen LogP contribution in [0, 0.1) is 11.6 Å². The molecule has 1 amide bonds. The SMILES string of the molecule is CC(C)(O)CN1CCN(C(=O)c2cc(F)cc(F)c2)CC1. The molecule has 2 rings (SSSR count). The van der Waals surface area contributed by atoms with E-state index in [2.05, 4.69) is 4.90 Å². The number of carbonyl (C=O) groups is 1. The highest BCUT2D eigenvalue weighted by molar-refractivity contribution is 5.94. The van der Waals surface area contributed by atoms with Gasteiger partial charge in [0, 0.05) is 44.4 Å². The van der Waals surface area contributed by atoms with Gasteiger partial charge in [-0.1, -0.05) is 0 Å². The second-order valence-corrected chi connectivity index (χ2v) is 6.04. The Bertz CT molecular complexity index is 501. The van der Waals surface area contributed by atoms with Gasteiger partial charge in [-0.3, -0.25) is 9.69 Å². The fraction of sp³-hybridized carbons (Fsp3) is 0.533. The maximum absolute atomic E-state index is 13.2. The molecule has 0 aromatic heterocycles. The van der Waals surface area contributed by atoms with Crippen LogP contribution in [0.2, 0.25) is 0 Å². The van der Waals surface area contributed by atoms with E-state index in [1.807, 2.05) is 0 Å². The molecule has 1 aliphatic rings. The standard InChI is InChI=1S/C15H20F2N2O2/c1-15(2,21)10-18-3-5-19(6-4-18)14(20)11-7-12(16)9-13(17)8-11/h7-9,21H,3-6,10H2,1-2H3. The molecule has 1 heterocycles. The van der Waals surface area contributed by atoms with Crippen molar-refractivity contribution in [1.82, 2.24) is 9.80 Å². The first-order chi connectivity index (χ1) is 9.74. The zero-order valence-electron chi connectivity index (χ0n) is 12.3. The predicted octanol–water partition coefficient (Wildman–Crippen LogP) is 1.49. The van der Waals surface area contributed by atoms with Crippen LogP contribution >= 0.6 is 0 Å². The van der Waals surface area contributed by atoms with E-state index in [4.69, 9.17) is 0 Å². The Labute approximate surface area is 123 Å². The normalized spacial score (nSPS) is 17.1. The molecule has 1 aromatic rings. The third kappa shape index (κ3) is 4.47. The summed E-state index contributed by atoms with van der Waals surface area (Å²) in [5, 5.41) is 9.78. The molecule has 4 nitrogen and oxygen atoms in total. The summed E-state index contributed by atoms with van der Waals surface area (Å²) in [6.07, 6.45) is 0. The van der Waals surface area contributed by atoms with Gasteiger partial charge in [-0.25, -0.2) is 8.78 Å². The molecule has 21 heavy (non-hydrogen) atoms. The zero-order chi connectivity index (χ0) is 15.6. The summed E-state index contributed by atoms with van der Waals surface area (Å²) in [5.74, 6) is -1.87. The number of β-amino-alcohol motifs (C(OH)–C–C–N with tert-alkyl or cyclic N) is 1. The van der Waals surface area contributed by atoms with Gasteiger partial charge in [0.05, 0.1) is 5.60 Å². The van der Waals surface area contributed by atoms with Gasteiger partial charge in [-0.15, -0.1) is 0 Å². The third-order valence-corrected chi connectivity index (χ3v) is 3.38. The number of hydrogen-bond donors (Lipinski definition) is 1. The fourth-order valence-corrected chi connectivity index (χ4v) is 2.52. The zero-order valence-corrected chi connectivity index (χ0v) is 12.3. The summed E-state index contributed by atoms with van der Waals surface area (Å²) in [6.45, 7) is 6.23.